The minimum absolute atomic E-state index is 0.0322. The summed E-state index contributed by atoms with van der Waals surface area (Å²) < 4.78 is 11.1. The van der Waals surface area contributed by atoms with Gasteiger partial charge in [0, 0.05) is 42.5 Å². The monoisotopic (exact) mass is 420 g/mol. The number of hydrogen-bond donors (Lipinski definition) is 3. The molecule has 0 radical (unpaired) electrons. The van der Waals surface area contributed by atoms with Gasteiger partial charge in [-0.3, -0.25) is 4.79 Å². The van der Waals surface area contributed by atoms with Crippen LogP contribution >= 0.6 is 0 Å². The summed E-state index contributed by atoms with van der Waals surface area (Å²) in [5.41, 5.74) is 3.94. The molecule has 2 aliphatic heterocycles. The van der Waals surface area contributed by atoms with Gasteiger partial charge >= 0.3 is 6.03 Å². The summed E-state index contributed by atoms with van der Waals surface area (Å²) in [5, 5.41) is 6.91. The number of ether oxygens (including phenoxy) is 2. The summed E-state index contributed by atoms with van der Waals surface area (Å²) in [5.74, 6) is 1.29. The normalized spacial score (nSPS) is 17.8. The van der Waals surface area contributed by atoms with E-state index in [0.29, 0.717) is 37.8 Å². The van der Waals surface area contributed by atoms with E-state index in [-0.39, 0.29) is 24.4 Å². The Kier molecular flexibility index (Phi) is 4.89. The Balaban J connectivity index is 1.17. The predicted octanol–water partition coefficient (Wildman–Crippen LogP) is 2.85. The molecule has 5 rings (SSSR count). The second-order valence-electron chi connectivity index (χ2n) is 7.93. The van der Waals surface area contributed by atoms with Gasteiger partial charge in [0.2, 0.25) is 5.91 Å². The van der Waals surface area contributed by atoms with Gasteiger partial charge in [-0.2, -0.15) is 0 Å². The van der Waals surface area contributed by atoms with Crippen LogP contribution in [0.2, 0.25) is 0 Å². The molecule has 160 valence electrons. The fourth-order valence-electron chi connectivity index (χ4n) is 4.11. The Morgan fingerprint density at radius 1 is 1.13 bits per heavy atom. The second kappa shape index (κ2) is 7.86. The van der Waals surface area contributed by atoms with Crippen molar-refractivity contribution in [1.82, 2.24) is 15.6 Å². The molecule has 0 spiro atoms. The number of nitrogens with zero attached hydrogens (tertiary/aromatic N) is 1. The molecule has 3 N–H and O–H groups in total. The Morgan fingerprint density at radius 2 is 1.97 bits per heavy atom. The van der Waals surface area contributed by atoms with E-state index in [2.05, 4.69) is 27.8 Å². The van der Waals surface area contributed by atoms with Crippen molar-refractivity contribution in [1.29, 1.82) is 0 Å². The molecule has 1 aromatic heterocycles. The lowest BCUT2D eigenvalue weighted by atomic mass is 10.1. The Morgan fingerprint density at radius 3 is 2.84 bits per heavy atom. The van der Waals surface area contributed by atoms with E-state index >= 15 is 0 Å². The number of aryl methyl sites for hydroxylation is 1. The number of hydrogen-bond acceptors (Lipinski definition) is 4. The molecule has 8 nitrogen and oxygen atoms in total. The molecule has 2 aliphatic rings. The largest absolute Gasteiger partial charge is 0.486 e. The van der Waals surface area contributed by atoms with Crippen molar-refractivity contribution in [2.75, 3.05) is 24.7 Å². The molecule has 3 aromatic rings. The number of aromatic nitrogens is 1. The highest BCUT2D eigenvalue weighted by molar-refractivity contribution is 5.97. The van der Waals surface area contributed by atoms with Crippen molar-refractivity contribution in [2.24, 2.45) is 0 Å². The van der Waals surface area contributed by atoms with Crippen LogP contribution in [0, 0.1) is 6.92 Å². The number of carbonyl (C=O) groups excluding carboxylic acids is 2. The second-order valence-corrected chi connectivity index (χ2v) is 7.93. The molecule has 1 saturated heterocycles. The minimum atomic E-state index is -0.285. The molecule has 8 heteroatoms. The summed E-state index contributed by atoms with van der Waals surface area (Å²) >= 11 is 0. The third-order valence-electron chi connectivity index (χ3n) is 5.57. The summed E-state index contributed by atoms with van der Waals surface area (Å²) in [6.45, 7) is 3.86. The highest BCUT2D eigenvalue weighted by atomic mass is 16.6. The molecule has 0 bridgehead atoms. The van der Waals surface area contributed by atoms with E-state index in [9.17, 15) is 9.59 Å². The van der Waals surface area contributed by atoms with Crippen molar-refractivity contribution in [2.45, 2.75) is 25.9 Å². The van der Waals surface area contributed by atoms with Crippen LogP contribution in [-0.2, 0) is 11.3 Å². The topological polar surface area (TPSA) is 95.7 Å². The number of benzene rings is 2. The van der Waals surface area contributed by atoms with Crippen molar-refractivity contribution < 1.29 is 19.1 Å². The highest BCUT2D eigenvalue weighted by Crippen LogP contribution is 2.35. The Hall–Kier alpha value is -3.68. The predicted molar refractivity (Wildman–Crippen MR) is 117 cm³/mol. The fourth-order valence-corrected chi connectivity index (χ4v) is 4.11. The lowest BCUT2D eigenvalue weighted by molar-refractivity contribution is -0.117. The van der Waals surface area contributed by atoms with Crippen LogP contribution in [0.4, 0.5) is 10.5 Å². The summed E-state index contributed by atoms with van der Waals surface area (Å²) in [6, 6.07) is 13.1. The number of amides is 3. The standard InChI is InChI=1S/C23H24N4O4/c1-14-8-16-9-15(2-4-19(16)25-14)12-24-23(29)26-17-10-22(28)27(13-17)18-3-5-20-21(11-18)31-7-6-30-20/h2-5,8-9,11,17,25H,6-7,10,12-13H2,1H3,(H2,24,26,29)/t17-/m0/s1. The lowest BCUT2D eigenvalue weighted by Crippen LogP contribution is -2.43. The number of aromatic amines is 1. The first-order valence-electron chi connectivity index (χ1n) is 10.4. The summed E-state index contributed by atoms with van der Waals surface area (Å²) in [6.07, 6.45) is 0.260. The third-order valence-corrected chi connectivity index (χ3v) is 5.57. The van der Waals surface area contributed by atoms with Crippen LogP contribution in [0.1, 0.15) is 17.7 Å². The molecule has 0 aliphatic carbocycles. The zero-order chi connectivity index (χ0) is 21.4. The number of rotatable bonds is 4. The SMILES string of the molecule is Cc1cc2cc(CNC(=O)N[C@H]3CC(=O)N(c4ccc5c(c4)OCCO5)C3)ccc2[nH]1. The fraction of sp³-hybridized carbons (Fsp3) is 0.304. The molecule has 2 aromatic carbocycles. The number of anilines is 1. The van der Waals surface area contributed by atoms with Gasteiger partial charge < -0.3 is 30.0 Å². The molecule has 1 fully saturated rings. The Bertz CT molecular complexity index is 1160. The third kappa shape index (κ3) is 4.01. The minimum Gasteiger partial charge on any atom is -0.486 e. The number of fused-ring (bicyclic) bond motifs is 2. The average molecular weight is 420 g/mol. The molecule has 31 heavy (non-hydrogen) atoms. The molecule has 0 unspecified atom stereocenters. The van der Waals surface area contributed by atoms with Crippen LogP contribution in [-0.4, -0.2) is 42.7 Å². The molecule has 3 amide bonds. The van der Waals surface area contributed by atoms with Crippen LogP contribution in [0.5, 0.6) is 11.5 Å². The molecule has 3 heterocycles. The highest BCUT2D eigenvalue weighted by Gasteiger charge is 2.32. The first-order chi connectivity index (χ1) is 15.0. The van der Waals surface area contributed by atoms with E-state index < -0.39 is 0 Å². The number of nitrogens with one attached hydrogen (secondary N) is 3. The van der Waals surface area contributed by atoms with Gasteiger partial charge in [-0.25, -0.2) is 4.79 Å². The van der Waals surface area contributed by atoms with Gasteiger partial charge in [0.15, 0.2) is 11.5 Å². The first-order valence-corrected chi connectivity index (χ1v) is 10.4. The number of H-pyrrole nitrogens is 1. The maximum Gasteiger partial charge on any atom is 0.315 e. The van der Waals surface area contributed by atoms with Crippen LogP contribution in [0.15, 0.2) is 42.5 Å². The van der Waals surface area contributed by atoms with E-state index in [4.69, 9.17) is 9.47 Å². The molecule has 1 atom stereocenters. The van der Waals surface area contributed by atoms with E-state index in [1.54, 1.807) is 4.90 Å². The van der Waals surface area contributed by atoms with Gasteiger partial charge in [0.25, 0.3) is 0 Å². The van der Waals surface area contributed by atoms with Crippen molar-refractivity contribution in [3.05, 3.63) is 53.7 Å². The van der Waals surface area contributed by atoms with Crippen LogP contribution in [0.3, 0.4) is 0 Å². The van der Waals surface area contributed by atoms with Gasteiger partial charge in [-0.1, -0.05) is 6.07 Å². The van der Waals surface area contributed by atoms with Crippen LogP contribution < -0.4 is 25.0 Å². The summed E-state index contributed by atoms with van der Waals surface area (Å²) in [7, 11) is 0. The van der Waals surface area contributed by atoms with Crippen LogP contribution in [0.25, 0.3) is 10.9 Å². The number of carbonyl (C=O) groups is 2. The average Bonchev–Trinajstić information content (AvgIpc) is 3.32. The van der Waals surface area contributed by atoms with Crippen molar-refractivity contribution >= 4 is 28.5 Å². The maximum atomic E-state index is 12.5. The van der Waals surface area contributed by atoms with Gasteiger partial charge in [-0.15, -0.1) is 0 Å². The first kappa shape index (κ1) is 19.3. The molecular weight excluding hydrogens is 396 g/mol. The van der Waals surface area contributed by atoms with E-state index in [1.807, 2.05) is 37.3 Å². The van der Waals surface area contributed by atoms with E-state index in [1.165, 1.54) is 0 Å². The van der Waals surface area contributed by atoms with Crippen molar-refractivity contribution in [3.63, 3.8) is 0 Å². The van der Waals surface area contributed by atoms with E-state index in [0.717, 1.165) is 27.8 Å². The van der Waals surface area contributed by atoms with Crippen molar-refractivity contribution in [3.8, 4) is 11.5 Å². The zero-order valence-electron chi connectivity index (χ0n) is 17.2. The lowest BCUT2D eigenvalue weighted by Gasteiger charge is -2.22. The van der Waals surface area contributed by atoms with Gasteiger partial charge in [0.05, 0.1) is 6.04 Å². The van der Waals surface area contributed by atoms with Gasteiger partial charge in [0.1, 0.15) is 13.2 Å². The smallest absolute Gasteiger partial charge is 0.315 e. The maximum absolute atomic E-state index is 12.5. The van der Waals surface area contributed by atoms with Gasteiger partial charge in [-0.05, 0) is 48.2 Å². The molecular formula is C23H24N4O4. The quantitative estimate of drug-likeness (QED) is 0.605. The summed E-state index contributed by atoms with van der Waals surface area (Å²) in [4.78, 5) is 29.9. The Labute approximate surface area is 179 Å². The number of urea groups is 1. The zero-order valence-corrected chi connectivity index (χ0v) is 17.2. The molecule has 0 saturated carbocycles.